The van der Waals surface area contributed by atoms with Gasteiger partial charge in [-0.25, -0.2) is 0 Å². The SMILES string of the molecule is CC.CC.CCc1cccc2ccccc12.Cc1ccc2ccccc2c1. The van der Waals surface area contributed by atoms with Crippen LogP contribution in [0.4, 0.5) is 0 Å². The second-order valence-corrected chi connectivity index (χ2v) is 5.84. The monoisotopic (exact) mass is 358 g/mol. The molecule has 142 valence electrons. The number of aryl methyl sites for hydroxylation is 2. The van der Waals surface area contributed by atoms with Crippen LogP contribution in [0.2, 0.25) is 0 Å². The lowest BCUT2D eigenvalue weighted by Gasteiger charge is -2.02. The predicted octanol–water partition coefficient (Wildman–Crippen LogP) is 8.60. The second kappa shape index (κ2) is 12.7. The number of rotatable bonds is 1. The van der Waals surface area contributed by atoms with Gasteiger partial charge < -0.3 is 0 Å². The van der Waals surface area contributed by atoms with Crippen molar-refractivity contribution in [2.24, 2.45) is 0 Å². The number of hydrogen-bond donors (Lipinski definition) is 0. The first-order valence-corrected chi connectivity index (χ1v) is 10.2. The smallest absolute Gasteiger partial charge is 0.0152 e. The normalized spacial score (nSPS) is 9.26. The zero-order valence-electron chi connectivity index (χ0n) is 17.8. The van der Waals surface area contributed by atoms with Gasteiger partial charge in [0.2, 0.25) is 0 Å². The maximum absolute atomic E-state index is 2.20. The van der Waals surface area contributed by atoms with Crippen LogP contribution in [0.25, 0.3) is 21.5 Å². The minimum absolute atomic E-state index is 1.11. The lowest BCUT2D eigenvalue weighted by atomic mass is 10.0. The van der Waals surface area contributed by atoms with E-state index in [2.05, 4.69) is 98.8 Å². The fraction of sp³-hybridized carbons (Fsp3) is 0.259. The van der Waals surface area contributed by atoms with Gasteiger partial charge in [0.25, 0.3) is 0 Å². The first-order chi connectivity index (χ1) is 13.3. The van der Waals surface area contributed by atoms with Gasteiger partial charge in [-0.2, -0.15) is 0 Å². The van der Waals surface area contributed by atoms with Crippen molar-refractivity contribution in [1.29, 1.82) is 0 Å². The summed E-state index contributed by atoms with van der Waals surface area (Å²) in [6, 6.07) is 29.9. The highest BCUT2D eigenvalue weighted by Crippen LogP contribution is 2.18. The molecule has 0 fully saturated rings. The van der Waals surface area contributed by atoms with E-state index in [9.17, 15) is 0 Å². The summed E-state index contributed by atoms with van der Waals surface area (Å²) in [5, 5.41) is 5.38. The molecule has 0 unspecified atom stereocenters. The Hall–Kier alpha value is -2.60. The summed E-state index contributed by atoms with van der Waals surface area (Å²) >= 11 is 0. The highest BCUT2D eigenvalue weighted by molar-refractivity contribution is 5.85. The van der Waals surface area contributed by atoms with Crippen LogP contribution in [0.5, 0.6) is 0 Å². The average molecular weight is 359 g/mol. The van der Waals surface area contributed by atoms with E-state index in [1.165, 1.54) is 32.7 Å². The van der Waals surface area contributed by atoms with Gasteiger partial charge in [-0.1, -0.05) is 125 Å². The molecule has 0 saturated heterocycles. The summed E-state index contributed by atoms with van der Waals surface area (Å²) < 4.78 is 0. The minimum atomic E-state index is 1.11. The van der Waals surface area contributed by atoms with Gasteiger partial charge >= 0.3 is 0 Å². The first-order valence-electron chi connectivity index (χ1n) is 10.2. The number of fused-ring (bicyclic) bond motifs is 2. The summed E-state index contributed by atoms with van der Waals surface area (Å²) in [6.07, 6.45) is 1.11. The highest BCUT2D eigenvalue weighted by atomic mass is 14.0. The molecule has 0 amide bonds. The van der Waals surface area contributed by atoms with Crippen molar-refractivity contribution in [3.8, 4) is 0 Å². The van der Waals surface area contributed by atoms with E-state index in [0.717, 1.165) is 6.42 Å². The number of hydrogen-bond acceptors (Lipinski definition) is 0. The van der Waals surface area contributed by atoms with Crippen LogP contribution in [-0.2, 0) is 6.42 Å². The van der Waals surface area contributed by atoms with Crippen LogP contribution in [0.15, 0.2) is 84.9 Å². The summed E-state index contributed by atoms with van der Waals surface area (Å²) in [4.78, 5) is 0. The predicted molar refractivity (Wildman–Crippen MR) is 125 cm³/mol. The average Bonchev–Trinajstić information content (AvgIpc) is 2.76. The van der Waals surface area contributed by atoms with Crippen molar-refractivity contribution < 1.29 is 0 Å². The van der Waals surface area contributed by atoms with Crippen LogP contribution in [0.3, 0.4) is 0 Å². The molecule has 0 aliphatic carbocycles. The summed E-state index contributed by atoms with van der Waals surface area (Å²) in [5.41, 5.74) is 2.76. The Morgan fingerprint density at radius 3 is 1.78 bits per heavy atom. The van der Waals surface area contributed by atoms with Crippen LogP contribution in [-0.4, -0.2) is 0 Å². The maximum Gasteiger partial charge on any atom is -0.0152 e. The van der Waals surface area contributed by atoms with E-state index in [0.29, 0.717) is 0 Å². The Morgan fingerprint density at radius 2 is 1.11 bits per heavy atom. The van der Waals surface area contributed by atoms with Crippen molar-refractivity contribution in [2.75, 3.05) is 0 Å². The summed E-state index contributed by atoms with van der Waals surface area (Å²) in [6.45, 7) is 12.3. The zero-order valence-corrected chi connectivity index (χ0v) is 17.8. The summed E-state index contributed by atoms with van der Waals surface area (Å²) in [5.74, 6) is 0. The van der Waals surface area contributed by atoms with Gasteiger partial charge in [0.15, 0.2) is 0 Å². The molecule has 0 saturated carbocycles. The Bertz CT molecular complexity index is 914. The Morgan fingerprint density at radius 1 is 0.556 bits per heavy atom. The van der Waals surface area contributed by atoms with Crippen molar-refractivity contribution in [2.45, 2.75) is 48.0 Å². The fourth-order valence-corrected chi connectivity index (χ4v) is 2.91. The van der Waals surface area contributed by atoms with E-state index in [1.807, 2.05) is 27.7 Å². The maximum atomic E-state index is 2.20. The number of benzene rings is 4. The van der Waals surface area contributed by atoms with E-state index in [1.54, 1.807) is 0 Å². The standard InChI is InChI=1S/C12H12.C11H10.2C2H6/c1-2-10-7-5-8-11-6-3-4-9-12(10)11;1-9-6-7-10-4-2-3-5-11(10)8-9;2*1-2/h3-9H,2H2,1H3;2-8H,1H3;2*1-2H3. The molecule has 0 nitrogen and oxygen atoms in total. The third-order valence-corrected chi connectivity index (χ3v) is 4.17. The molecule has 0 atom stereocenters. The Kier molecular flexibility index (Phi) is 10.6. The van der Waals surface area contributed by atoms with Gasteiger partial charge in [-0.3, -0.25) is 0 Å². The summed E-state index contributed by atoms with van der Waals surface area (Å²) in [7, 11) is 0. The molecule has 4 aromatic carbocycles. The van der Waals surface area contributed by atoms with Crippen LogP contribution in [0, 0.1) is 6.92 Å². The third-order valence-electron chi connectivity index (χ3n) is 4.17. The topological polar surface area (TPSA) is 0 Å². The first kappa shape index (κ1) is 22.4. The van der Waals surface area contributed by atoms with Crippen LogP contribution >= 0.6 is 0 Å². The van der Waals surface area contributed by atoms with Gasteiger partial charge in [0, 0.05) is 0 Å². The molecule has 0 heterocycles. The van der Waals surface area contributed by atoms with Crippen molar-refractivity contribution >= 4 is 21.5 Å². The Labute approximate surface area is 165 Å². The van der Waals surface area contributed by atoms with Gasteiger partial charge in [0.05, 0.1) is 0 Å². The molecule has 0 aliphatic rings. The fourth-order valence-electron chi connectivity index (χ4n) is 2.91. The highest BCUT2D eigenvalue weighted by Gasteiger charge is 1.95. The van der Waals surface area contributed by atoms with Crippen molar-refractivity contribution in [1.82, 2.24) is 0 Å². The molecule has 0 heteroatoms. The molecule has 0 bridgehead atoms. The molecular weight excluding hydrogens is 324 g/mol. The molecule has 0 N–H and O–H groups in total. The second-order valence-electron chi connectivity index (χ2n) is 5.84. The van der Waals surface area contributed by atoms with Crippen LogP contribution < -0.4 is 0 Å². The molecule has 27 heavy (non-hydrogen) atoms. The molecule has 0 radical (unpaired) electrons. The molecular formula is C27H34. The Balaban J connectivity index is 0.000000229. The van der Waals surface area contributed by atoms with E-state index in [-0.39, 0.29) is 0 Å². The van der Waals surface area contributed by atoms with Crippen molar-refractivity contribution in [3.05, 3.63) is 96.1 Å². The molecule has 4 aromatic rings. The quantitative estimate of drug-likeness (QED) is 0.319. The largest absolute Gasteiger partial charge is 0.0683 e. The molecule has 4 rings (SSSR count). The third kappa shape index (κ3) is 6.57. The van der Waals surface area contributed by atoms with Gasteiger partial charge in [0.1, 0.15) is 0 Å². The van der Waals surface area contributed by atoms with Gasteiger partial charge in [-0.05, 0) is 40.5 Å². The van der Waals surface area contributed by atoms with Gasteiger partial charge in [-0.15, -0.1) is 0 Å². The van der Waals surface area contributed by atoms with E-state index < -0.39 is 0 Å². The zero-order chi connectivity index (χ0) is 20.1. The van der Waals surface area contributed by atoms with E-state index >= 15 is 0 Å². The molecule has 0 spiro atoms. The van der Waals surface area contributed by atoms with Crippen LogP contribution in [0.1, 0.15) is 45.7 Å². The molecule has 0 aliphatic heterocycles. The molecule has 0 aromatic heterocycles. The minimum Gasteiger partial charge on any atom is -0.0683 e. The lowest BCUT2D eigenvalue weighted by molar-refractivity contribution is 1.16. The van der Waals surface area contributed by atoms with E-state index in [4.69, 9.17) is 0 Å². The van der Waals surface area contributed by atoms with Crippen molar-refractivity contribution in [3.63, 3.8) is 0 Å². The lowest BCUT2D eigenvalue weighted by Crippen LogP contribution is -1.81.